The summed E-state index contributed by atoms with van der Waals surface area (Å²) in [5, 5.41) is 2.72. The number of rotatable bonds is 5. The lowest BCUT2D eigenvalue weighted by Gasteiger charge is -2.20. The summed E-state index contributed by atoms with van der Waals surface area (Å²) in [6, 6.07) is 9.47. The van der Waals surface area contributed by atoms with Gasteiger partial charge in [-0.3, -0.25) is 4.79 Å². The Bertz CT molecular complexity index is 520. The van der Waals surface area contributed by atoms with E-state index in [1.165, 1.54) is 7.11 Å². The minimum absolute atomic E-state index is 0.161. The van der Waals surface area contributed by atoms with Crippen LogP contribution in [0.4, 0.5) is 4.79 Å². The lowest BCUT2D eigenvalue weighted by molar-refractivity contribution is -0.146. The normalized spacial score (nSPS) is 23.8. The molecule has 1 aliphatic carbocycles. The maximum absolute atomic E-state index is 11.7. The molecule has 6 heteroatoms. The lowest BCUT2D eigenvalue weighted by atomic mass is 9.97. The molecule has 1 aromatic carbocycles. The van der Waals surface area contributed by atoms with E-state index >= 15 is 0 Å². The molecule has 0 aliphatic heterocycles. The van der Waals surface area contributed by atoms with Crippen LogP contribution < -0.4 is 11.1 Å². The molecule has 2 rings (SSSR count). The van der Waals surface area contributed by atoms with Crippen LogP contribution in [0.15, 0.2) is 30.3 Å². The van der Waals surface area contributed by atoms with Crippen LogP contribution in [0, 0.1) is 5.92 Å². The van der Waals surface area contributed by atoms with Crippen molar-refractivity contribution in [2.24, 2.45) is 11.7 Å². The number of ether oxygens (including phenoxy) is 2. The van der Waals surface area contributed by atoms with Gasteiger partial charge in [-0.2, -0.15) is 0 Å². The third kappa shape index (κ3) is 4.21. The van der Waals surface area contributed by atoms with E-state index in [4.69, 9.17) is 15.2 Å². The first kappa shape index (κ1) is 16.3. The van der Waals surface area contributed by atoms with Crippen LogP contribution in [0.1, 0.15) is 24.8 Å². The Morgan fingerprint density at radius 2 is 2.09 bits per heavy atom. The van der Waals surface area contributed by atoms with Gasteiger partial charge < -0.3 is 20.5 Å². The number of methoxy groups -OCH3 is 1. The number of nitrogens with two attached hydrogens (primary N) is 1. The maximum atomic E-state index is 11.7. The Morgan fingerprint density at radius 3 is 2.77 bits per heavy atom. The molecule has 2 unspecified atom stereocenters. The first-order valence-corrected chi connectivity index (χ1v) is 7.35. The fraction of sp³-hybridized carbons (Fsp3) is 0.500. The number of hydrogen-bond donors (Lipinski definition) is 2. The molecule has 0 saturated heterocycles. The van der Waals surface area contributed by atoms with Gasteiger partial charge in [-0.15, -0.1) is 0 Å². The van der Waals surface area contributed by atoms with Crippen molar-refractivity contribution >= 4 is 12.1 Å². The first-order chi connectivity index (χ1) is 10.5. The largest absolute Gasteiger partial charge is 0.468 e. The molecule has 0 aromatic heterocycles. The molecule has 1 amide bonds. The summed E-state index contributed by atoms with van der Waals surface area (Å²) in [5.41, 5.74) is 6.04. The average Bonchev–Trinajstić information content (AvgIpc) is 2.94. The standard InChI is InChI=1S/C16H22N2O4/c1-21-14(19)16(17)8-7-13(9-16)10-18-15(20)22-11-12-5-3-2-4-6-12/h2-6,13H,7-11,17H2,1H3,(H,18,20). The fourth-order valence-corrected chi connectivity index (χ4v) is 2.75. The molecule has 22 heavy (non-hydrogen) atoms. The molecule has 1 fully saturated rings. The highest BCUT2D eigenvalue weighted by molar-refractivity contribution is 5.80. The third-order valence-corrected chi connectivity index (χ3v) is 3.99. The van der Waals surface area contributed by atoms with E-state index in [0.717, 1.165) is 12.0 Å². The molecule has 1 aliphatic rings. The fourth-order valence-electron chi connectivity index (χ4n) is 2.75. The zero-order chi connectivity index (χ0) is 16.0. The minimum atomic E-state index is -0.922. The van der Waals surface area contributed by atoms with Crippen molar-refractivity contribution in [3.63, 3.8) is 0 Å². The maximum Gasteiger partial charge on any atom is 0.407 e. The molecule has 6 nitrogen and oxygen atoms in total. The van der Waals surface area contributed by atoms with Crippen molar-refractivity contribution in [1.82, 2.24) is 5.32 Å². The van der Waals surface area contributed by atoms with Gasteiger partial charge in [0.15, 0.2) is 0 Å². The van der Waals surface area contributed by atoms with Gasteiger partial charge in [0.1, 0.15) is 12.1 Å². The zero-order valence-corrected chi connectivity index (χ0v) is 12.7. The number of amides is 1. The van der Waals surface area contributed by atoms with E-state index in [-0.39, 0.29) is 18.5 Å². The Morgan fingerprint density at radius 1 is 1.36 bits per heavy atom. The van der Waals surface area contributed by atoms with E-state index in [2.05, 4.69) is 5.32 Å². The summed E-state index contributed by atoms with van der Waals surface area (Å²) in [5.74, 6) is -0.227. The van der Waals surface area contributed by atoms with Gasteiger partial charge in [-0.25, -0.2) is 4.79 Å². The van der Waals surface area contributed by atoms with Crippen LogP contribution in [0.3, 0.4) is 0 Å². The highest BCUT2D eigenvalue weighted by atomic mass is 16.5. The summed E-state index contributed by atoms with van der Waals surface area (Å²) in [7, 11) is 1.34. The van der Waals surface area contributed by atoms with Crippen LogP contribution in [-0.4, -0.2) is 31.3 Å². The molecule has 3 N–H and O–H groups in total. The second-order valence-electron chi connectivity index (χ2n) is 5.70. The number of alkyl carbamates (subject to hydrolysis) is 1. The van der Waals surface area contributed by atoms with Crippen molar-refractivity contribution in [2.75, 3.05) is 13.7 Å². The first-order valence-electron chi connectivity index (χ1n) is 7.35. The van der Waals surface area contributed by atoms with E-state index < -0.39 is 11.6 Å². The predicted molar refractivity (Wildman–Crippen MR) is 80.9 cm³/mol. The second kappa shape index (κ2) is 7.26. The average molecular weight is 306 g/mol. The van der Waals surface area contributed by atoms with Crippen LogP contribution in [0.5, 0.6) is 0 Å². The molecule has 120 valence electrons. The molecule has 0 heterocycles. The molecule has 2 atom stereocenters. The molecule has 0 bridgehead atoms. The predicted octanol–water partition coefficient (Wildman–Crippen LogP) is 1.58. The zero-order valence-electron chi connectivity index (χ0n) is 12.7. The number of esters is 1. The molecular formula is C16H22N2O4. The summed E-state index contributed by atoms with van der Waals surface area (Å²) in [6.07, 6.45) is 1.41. The number of benzene rings is 1. The van der Waals surface area contributed by atoms with Gasteiger partial charge in [-0.1, -0.05) is 30.3 Å². The molecule has 1 aromatic rings. The Kier molecular flexibility index (Phi) is 5.38. The summed E-state index contributed by atoms with van der Waals surface area (Å²) in [4.78, 5) is 23.3. The SMILES string of the molecule is COC(=O)C1(N)CCC(CNC(=O)OCc2ccccc2)C1. The monoisotopic (exact) mass is 306 g/mol. The van der Waals surface area contributed by atoms with Crippen molar-refractivity contribution in [3.8, 4) is 0 Å². The molecule has 0 spiro atoms. The van der Waals surface area contributed by atoms with E-state index in [9.17, 15) is 9.59 Å². The van der Waals surface area contributed by atoms with E-state index in [1.54, 1.807) is 0 Å². The minimum Gasteiger partial charge on any atom is -0.468 e. The number of carbonyl (C=O) groups is 2. The molecule has 1 saturated carbocycles. The van der Waals surface area contributed by atoms with E-state index in [0.29, 0.717) is 19.4 Å². The molecule has 0 radical (unpaired) electrons. The highest BCUT2D eigenvalue weighted by Crippen LogP contribution is 2.33. The van der Waals surface area contributed by atoms with Crippen molar-refractivity contribution < 1.29 is 19.1 Å². The summed E-state index contributed by atoms with van der Waals surface area (Å²) < 4.78 is 9.86. The van der Waals surface area contributed by atoms with Gasteiger partial charge in [0.25, 0.3) is 0 Å². The van der Waals surface area contributed by atoms with Crippen molar-refractivity contribution in [2.45, 2.75) is 31.4 Å². The highest BCUT2D eigenvalue weighted by Gasteiger charge is 2.42. The van der Waals surface area contributed by atoms with Crippen LogP contribution in [0.2, 0.25) is 0 Å². The van der Waals surface area contributed by atoms with Gasteiger partial charge in [-0.05, 0) is 30.7 Å². The number of nitrogens with one attached hydrogen (secondary N) is 1. The summed E-state index contributed by atoms with van der Waals surface area (Å²) >= 11 is 0. The van der Waals surface area contributed by atoms with Crippen molar-refractivity contribution in [3.05, 3.63) is 35.9 Å². The van der Waals surface area contributed by atoms with Gasteiger partial charge in [0.2, 0.25) is 0 Å². The molecular weight excluding hydrogens is 284 g/mol. The number of carbonyl (C=O) groups excluding carboxylic acids is 2. The Labute approximate surface area is 130 Å². The lowest BCUT2D eigenvalue weighted by Crippen LogP contribution is -2.46. The van der Waals surface area contributed by atoms with Crippen LogP contribution in [-0.2, 0) is 20.9 Å². The summed E-state index contributed by atoms with van der Waals surface area (Å²) in [6.45, 7) is 0.684. The van der Waals surface area contributed by atoms with Gasteiger partial charge in [0.05, 0.1) is 7.11 Å². The van der Waals surface area contributed by atoms with E-state index in [1.807, 2.05) is 30.3 Å². The van der Waals surface area contributed by atoms with Crippen LogP contribution >= 0.6 is 0 Å². The second-order valence-corrected chi connectivity index (χ2v) is 5.70. The Balaban J connectivity index is 1.70. The van der Waals surface area contributed by atoms with Crippen LogP contribution in [0.25, 0.3) is 0 Å². The van der Waals surface area contributed by atoms with Crippen molar-refractivity contribution in [1.29, 1.82) is 0 Å². The topological polar surface area (TPSA) is 90.6 Å². The van der Waals surface area contributed by atoms with Gasteiger partial charge >= 0.3 is 12.1 Å². The van der Waals surface area contributed by atoms with Gasteiger partial charge in [0, 0.05) is 6.54 Å². The number of hydrogen-bond acceptors (Lipinski definition) is 5. The third-order valence-electron chi connectivity index (χ3n) is 3.99. The Hall–Kier alpha value is -2.08. The quantitative estimate of drug-likeness (QED) is 0.806. The smallest absolute Gasteiger partial charge is 0.407 e.